The summed E-state index contributed by atoms with van der Waals surface area (Å²) in [5, 5.41) is -0.0937. The topological polar surface area (TPSA) is 97.8 Å². The fraction of sp³-hybridized carbons (Fsp3) is 0.459. The van der Waals surface area contributed by atoms with Gasteiger partial charge < -0.3 is 14.4 Å². The number of carbonyl (C=O) groups excluding carboxylic acids is 1. The van der Waals surface area contributed by atoms with Gasteiger partial charge in [-0.1, -0.05) is 42.8 Å². The van der Waals surface area contributed by atoms with Crippen molar-refractivity contribution >= 4 is 33.2 Å². The van der Waals surface area contributed by atoms with Crippen molar-refractivity contribution in [3.63, 3.8) is 0 Å². The third-order valence-electron chi connectivity index (χ3n) is 10.5. The Labute approximate surface area is 283 Å². The fourth-order valence-corrected chi connectivity index (χ4v) is 8.80. The summed E-state index contributed by atoms with van der Waals surface area (Å²) in [4.78, 5) is 20.3. The molecule has 1 fully saturated rings. The Kier molecular flexibility index (Phi) is 9.97. The number of pyridine rings is 1. The van der Waals surface area contributed by atoms with Crippen molar-refractivity contribution in [2.45, 2.75) is 69.8 Å². The number of sulfonamides is 1. The molecule has 1 N–H and O–H groups in total. The fourth-order valence-electron chi connectivity index (χ4n) is 7.32. The second-order valence-electron chi connectivity index (χ2n) is 13.3. The monoisotopic (exact) mass is 677 g/mol. The summed E-state index contributed by atoms with van der Waals surface area (Å²) in [6, 6.07) is 15.2. The van der Waals surface area contributed by atoms with Crippen LogP contribution in [0.15, 0.2) is 73.1 Å². The third kappa shape index (κ3) is 6.94. The molecule has 47 heavy (non-hydrogen) atoms. The van der Waals surface area contributed by atoms with Gasteiger partial charge in [0.1, 0.15) is 18.0 Å². The van der Waals surface area contributed by atoms with Gasteiger partial charge >= 0.3 is 0 Å². The second-order valence-corrected chi connectivity index (χ2v) is 15.7. The van der Waals surface area contributed by atoms with Gasteiger partial charge in [0.2, 0.25) is 10.0 Å². The number of nitrogens with one attached hydrogen (secondary N) is 1. The first kappa shape index (κ1) is 33.5. The van der Waals surface area contributed by atoms with Gasteiger partial charge in [0, 0.05) is 54.7 Å². The first-order valence-corrected chi connectivity index (χ1v) is 18.5. The van der Waals surface area contributed by atoms with E-state index in [-0.39, 0.29) is 23.3 Å². The maximum Gasteiger partial charge on any atom is 0.264 e. The summed E-state index contributed by atoms with van der Waals surface area (Å²) >= 11 is 6.36. The van der Waals surface area contributed by atoms with Crippen LogP contribution in [-0.2, 0) is 33.4 Å². The number of aromatic nitrogens is 1. The minimum absolute atomic E-state index is 0.165. The summed E-state index contributed by atoms with van der Waals surface area (Å²) in [6.07, 6.45) is 13.1. The van der Waals surface area contributed by atoms with Crippen LogP contribution in [0.1, 0.15) is 73.0 Å². The molecule has 1 saturated carbocycles. The van der Waals surface area contributed by atoms with Crippen LogP contribution in [0, 0.1) is 17.8 Å². The summed E-state index contributed by atoms with van der Waals surface area (Å²) in [6.45, 7) is 5.38. The molecular formula is C37H44ClN3O5S. The molecule has 3 aliphatic rings. The Balaban J connectivity index is 1.45. The maximum absolute atomic E-state index is 13.5. The number of hydrogen-bond acceptors (Lipinski definition) is 7. The average Bonchev–Trinajstić information content (AvgIpc) is 3.08. The number of nitrogens with zero attached hydrogens (tertiary/aromatic N) is 2. The number of allylic oxidation sites excluding steroid dienone is 1. The number of ether oxygens (including phenoxy) is 2. The van der Waals surface area contributed by atoms with E-state index in [2.05, 4.69) is 26.7 Å². The van der Waals surface area contributed by atoms with Crippen LogP contribution in [-0.4, -0.2) is 44.8 Å². The molecule has 0 saturated heterocycles. The van der Waals surface area contributed by atoms with Crippen LogP contribution in [0.4, 0.5) is 5.69 Å². The van der Waals surface area contributed by atoms with E-state index in [0.717, 1.165) is 62.0 Å². The largest absolute Gasteiger partial charge is 0.487 e. The van der Waals surface area contributed by atoms with Gasteiger partial charge in [-0.25, -0.2) is 13.1 Å². The molecule has 8 nitrogen and oxygen atoms in total. The molecule has 3 heterocycles. The summed E-state index contributed by atoms with van der Waals surface area (Å²) in [5.74, 6) is 0.212. The van der Waals surface area contributed by atoms with Crippen molar-refractivity contribution in [3.8, 4) is 5.75 Å². The Morgan fingerprint density at radius 3 is 2.68 bits per heavy atom. The minimum Gasteiger partial charge on any atom is -0.487 e. The number of anilines is 1. The molecule has 1 aromatic heterocycles. The smallest absolute Gasteiger partial charge is 0.264 e. The molecule has 1 aliphatic carbocycles. The lowest BCUT2D eigenvalue weighted by Crippen LogP contribution is -2.49. The SMILES string of the molecule is CO[C@]1(c2cccnc2)/C=C/C[C@H](C)[C@@H](C)S(=O)(=O)NC(=O)c2ccc3c(c2)N(CCCCc2cc(Cl)ccc2CO3)C[C@@H]2CC[C@H]21. The number of amides is 1. The zero-order valence-electron chi connectivity index (χ0n) is 27.3. The normalized spacial score (nSPS) is 28.7. The van der Waals surface area contributed by atoms with Crippen molar-refractivity contribution in [1.82, 2.24) is 9.71 Å². The minimum atomic E-state index is -3.96. The van der Waals surface area contributed by atoms with E-state index in [4.69, 9.17) is 21.1 Å². The van der Waals surface area contributed by atoms with Gasteiger partial charge in [0.25, 0.3) is 5.91 Å². The van der Waals surface area contributed by atoms with Crippen LogP contribution >= 0.6 is 11.6 Å². The number of hydrogen-bond donors (Lipinski definition) is 1. The van der Waals surface area contributed by atoms with Crippen molar-refractivity contribution in [2.75, 3.05) is 25.1 Å². The molecule has 0 unspecified atom stereocenters. The standard InChI is InChI=1S/C37H44ClN3O5S/c1-25-8-6-17-37(45-3,31-10-7-18-39-22-31)33-15-12-29(33)23-41-19-5-4-9-27-20-32(38)14-11-30(27)24-46-35-16-13-28(21-34(35)41)36(42)40-47(43,44)26(25)2/h6-7,10-11,13-14,16-18,20-22,25-26,29,33H,4-5,8-9,12,15,19,23-24H2,1-3H3,(H,40,42)/b17-6+/t25-,26+,29-,33+,37-/m0/s1. The molecular weight excluding hydrogens is 634 g/mol. The molecule has 2 aromatic carbocycles. The van der Waals surface area contributed by atoms with Crippen LogP contribution in [0.25, 0.3) is 0 Å². The average molecular weight is 678 g/mol. The molecule has 0 spiro atoms. The van der Waals surface area contributed by atoms with Crippen molar-refractivity contribution in [2.24, 2.45) is 17.8 Å². The molecule has 2 aliphatic heterocycles. The van der Waals surface area contributed by atoms with Gasteiger partial charge in [-0.3, -0.25) is 9.78 Å². The number of carbonyl (C=O) groups is 1. The number of methoxy groups -OCH3 is 1. The highest BCUT2D eigenvalue weighted by Crippen LogP contribution is 2.50. The van der Waals surface area contributed by atoms with Crippen LogP contribution in [0.2, 0.25) is 5.02 Å². The Morgan fingerprint density at radius 1 is 1.09 bits per heavy atom. The zero-order chi connectivity index (χ0) is 33.2. The Morgan fingerprint density at radius 2 is 1.94 bits per heavy atom. The van der Waals surface area contributed by atoms with Gasteiger partial charge in [-0.15, -0.1) is 0 Å². The Hall–Kier alpha value is -3.40. The van der Waals surface area contributed by atoms with E-state index in [1.54, 1.807) is 38.4 Å². The van der Waals surface area contributed by atoms with Crippen LogP contribution in [0.5, 0.6) is 5.75 Å². The lowest BCUT2D eigenvalue weighted by molar-refractivity contribution is -0.0805. The van der Waals surface area contributed by atoms with E-state index >= 15 is 0 Å². The first-order valence-electron chi connectivity index (χ1n) is 16.6. The molecule has 250 valence electrons. The van der Waals surface area contributed by atoms with Gasteiger partial charge in [-0.05, 0) is 105 Å². The summed E-state index contributed by atoms with van der Waals surface area (Å²) in [7, 11) is -2.21. The highest BCUT2D eigenvalue weighted by Gasteiger charge is 2.48. The summed E-state index contributed by atoms with van der Waals surface area (Å²) in [5.41, 5.74) is 3.57. The molecule has 6 rings (SSSR count). The van der Waals surface area contributed by atoms with Gasteiger partial charge in [0.15, 0.2) is 0 Å². The summed E-state index contributed by atoms with van der Waals surface area (Å²) < 4.78 is 42.2. The first-order chi connectivity index (χ1) is 22.6. The highest BCUT2D eigenvalue weighted by molar-refractivity contribution is 7.90. The number of rotatable bonds is 2. The number of aryl methyl sites for hydroxylation is 1. The van der Waals surface area contributed by atoms with Crippen molar-refractivity contribution < 1.29 is 22.7 Å². The maximum atomic E-state index is 13.5. The van der Waals surface area contributed by atoms with E-state index < -0.39 is 26.8 Å². The quantitative estimate of drug-likeness (QED) is 0.290. The van der Waals surface area contributed by atoms with E-state index in [0.29, 0.717) is 23.8 Å². The molecule has 10 heteroatoms. The second kappa shape index (κ2) is 14.0. The number of halogens is 1. The molecule has 2 bridgehead atoms. The van der Waals surface area contributed by atoms with E-state index in [9.17, 15) is 13.2 Å². The predicted octanol–water partition coefficient (Wildman–Crippen LogP) is 7.07. The Bertz CT molecular complexity index is 1730. The molecule has 5 atom stereocenters. The number of fused-ring (bicyclic) bond motifs is 3. The van der Waals surface area contributed by atoms with Crippen molar-refractivity contribution in [3.05, 3.63) is 100 Å². The zero-order valence-corrected chi connectivity index (χ0v) is 28.9. The lowest BCUT2D eigenvalue weighted by atomic mass is 9.62. The van der Waals surface area contributed by atoms with E-state index in [1.165, 1.54) is 5.56 Å². The lowest BCUT2D eigenvalue weighted by Gasteiger charge is -2.50. The molecule has 3 aromatic rings. The molecule has 1 amide bonds. The highest BCUT2D eigenvalue weighted by atomic mass is 35.5. The van der Waals surface area contributed by atoms with Gasteiger partial charge in [-0.2, -0.15) is 0 Å². The van der Waals surface area contributed by atoms with Crippen LogP contribution in [0.3, 0.4) is 0 Å². The predicted molar refractivity (Wildman–Crippen MR) is 185 cm³/mol. The van der Waals surface area contributed by atoms with Crippen LogP contribution < -0.4 is 14.4 Å². The molecule has 0 radical (unpaired) electrons. The van der Waals surface area contributed by atoms with Crippen molar-refractivity contribution in [1.29, 1.82) is 0 Å². The van der Waals surface area contributed by atoms with Gasteiger partial charge in [0.05, 0.1) is 10.9 Å². The third-order valence-corrected chi connectivity index (χ3v) is 12.7. The van der Waals surface area contributed by atoms with E-state index in [1.807, 2.05) is 43.5 Å². The number of benzene rings is 2.